The van der Waals surface area contributed by atoms with E-state index in [0.717, 1.165) is 18.9 Å². The van der Waals surface area contributed by atoms with E-state index < -0.39 is 17.9 Å². The van der Waals surface area contributed by atoms with Crippen LogP contribution in [0.4, 0.5) is 0 Å². The van der Waals surface area contributed by atoms with Gasteiger partial charge in [0.15, 0.2) is 0 Å². The molecular weight excluding hydrogens is 274 g/mol. The fourth-order valence-electron chi connectivity index (χ4n) is 2.74. The zero-order chi connectivity index (χ0) is 15.6. The molecule has 6 heteroatoms. The van der Waals surface area contributed by atoms with Crippen molar-refractivity contribution in [3.63, 3.8) is 0 Å². The number of benzene rings is 1. The number of carboxylic acid groups (broad SMARTS) is 1. The van der Waals surface area contributed by atoms with Crippen molar-refractivity contribution in [3.05, 3.63) is 23.8 Å². The Hall–Kier alpha value is -2.24. The van der Waals surface area contributed by atoms with Gasteiger partial charge in [-0.1, -0.05) is 13.3 Å². The molecular formula is C15H19NO5. The molecule has 21 heavy (non-hydrogen) atoms. The first kappa shape index (κ1) is 15.2. The molecule has 114 valence electrons. The van der Waals surface area contributed by atoms with E-state index in [1.54, 1.807) is 0 Å². The molecule has 1 amide bonds. The van der Waals surface area contributed by atoms with Gasteiger partial charge in [0.25, 0.3) is 5.91 Å². The van der Waals surface area contributed by atoms with Crippen molar-refractivity contribution in [2.45, 2.75) is 32.2 Å². The van der Waals surface area contributed by atoms with E-state index in [9.17, 15) is 24.9 Å². The lowest BCUT2D eigenvalue weighted by atomic mass is 9.88. The number of hydrogen-bond acceptors (Lipinski definition) is 4. The summed E-state index contributed by atoms with van der Waals surface area (Å²) in [6.45, 7) is 2.36. The number of hydrogen-bond donors (Lipinski definition) is 3. The highest BCUT2D eigenvalue weighted by atomic mass is 16.4. The number of rotatable bonds is 3. The number of nitrogens with zero attached hydrogens (tertiary/aromatic N) is 1. The molecule has 2 rings (SSSR count). The predicted octanol–water partition coefficient (Wildman–Crippen LogP) is 1.81. The number of carbonyl (C=O) groups is 2. The van der Waals surface area contributed by atoms with E-state index in [1.807, 2.05) is 6.92 Å². The Morgan fingerprint density at radius 2 is 2.05 bits per heavy atom. The monoisotopic (exact) mass is 293 g/mol. The van der Waals surface area contributed by atoms with Crippen LogP contribution in [0.3, 0.4) is 0 Å². The first-order valence-corrected chi connectivity index (χ1v) is 6.99. The van der Waals surface area contributed by atoms with Gasteiger partial charge in [-0.05, 0) is 30.9 Å². The van der Waals surface area contributed by atoms with E-state index in [1.165, 1.54) is 17.0 Å². The Bertz CT molecular complexity index is 557. The number of carboxylic acids is 1. The SMILES string of the molecule is CCC1CCN(C(=O)c2ccc(O)cc2O)C(C(=O)O)C1. The minimum atomic E-state index is -1.03. The molecule has 0 spiro atoms. The van der Waals surface area contributed by atoms with Gasteiger partial charge in [0, 0.05) is 12.6 Å². The van der Waals surface area contributed by atoms with Gasteiger partial charge in [0.1, 0.15) is 17.5 Å². The second-order valence-electron chi connectivity index (χ2n) is 5.35. The van der Waals surface area contributed by atoms with Crippen LogP contribution >= 0.6 is 0 Å². The van der Waals surface area contributed by atoms with Crippen molar-refractivity contribution in [2.24, 2.45) is 5.92 Å². The van der Waals surface area contributed by atoms with Gasteiger partial charge in [-0.3, -0.25) is 4.79 Å². The van der Waals surface area contributed by atoms with Crippen molar-refractivity contribution in [2.75, 3.05) is 6.54 Å². The third kappa shape index (κ3) is 3.09. The first-order valence-electron chi connectivity index (χ1n) is 6.99. The van der Waals surface area contributed by atoms with E-state index >= 15 is 0 Å². The zero-order valence-electron chi connectivity index (χ0n) is 11.8. The average molecular weight is 293 g/mol. The fraction of sp³-hybridized carbons (Fsp3) is 0.467. The van der Waals surface area contributed by atoms with Crippen LogP contribution in [0.1, 0.15) is 36.5 Å². The molecule has 6 nitrogen and oxygen atoms in total. The summed E-state index contributed by atoms with van der Waals surface area (Å²) in [7, 11) is 0. The molecule has 1 aromatic rings. The molecule has 2 atom stereocenters. The molecule has 1 heterocycles. The maximum atomic E-state index is 12.5. The lowest BCUT2D eigenvalue weighted by Crippen LogP contribution is -2.50. The van der Waals surface area contributed by atoms with Gasteiger partial charge in [-0.25, -0.2) is 4.79 Å². The summed E-state index contributed by atoms with van der Waals surface area (Å²) in [5.74, 6) is -1.75. The summed E-state index contributed by atoms with van der Waals surface area (Å²) >= 11 is 0. The summed E-state index contributed by atoms with van der Waals surface area (Å²) in [6.07, 6.45) is 2.07. The quantitative estimate of drug-likeness (QED) is 0.789. The Morgan fingerprint density at radius 1 is 1.33 bits per heavy atom. The van der Waals surface area contributed by atoms with Crippen LogP contribution in [-0.4, -0.2) is 44.7 Å². The maximum Gasteiger partial charge on any atom is 0.326 e. The highest BCUT2D eigenvalue weighted by molar-refractivity contribution is 5.99. The smallest absolute Gasteiger partial charge is 0.326 e. The molecule has 0 saturated carbocycles. The van der Waals surface area contributed by atoms with Gasteiger partial charge in [-0.2, -0.15) is 0 Å². The van der Waals surface area contributed by atoms with Crippen molar-refractivity contribution in [1.29, 1.82) is 0 Å². The van der Waals surface area contributed by atoms with Crippen LogP contribution in [0.25, 0.3) is 0 Å². The highest BCUT2D eigenvalue weighted by Gasteiger charge is 2.36. The predicted molar refractivity (Wildman–Crippen MR) is 75.2 cm³/mol. The molecule has 0 radical (unpaired) electrons. The topological polar surface area (TPSA) is 98.1 Å². The van der Waals surface area contributed by atoms with E-state index in [2.05, 4.69) is 0 Å². The van der Waals surface area contributed by atoms with Crippen LogP contribution in [-0.2, 0) is 4.79 Å². The maximum absolute atomic E-state index is 12.5. The number of phenolic OH excluding ortho intramolecular Hbond substituents is 2. The van der Waals surface area contributed by atoms with Gasteiger partial charge in [-0.15, -0.1) is 0 Å². The number of carbonyl (C=O) groups excluding carboxylic acids is 1. The van der Waals surface area contributed by atoms with Gasteiger partial charge in [0.2, 0.25) is 0 Å². The third-order valence-electron chi connectivity index (χ3n) is 4.05. The van der Waals surface area contributed by atoms with Crippen LogP contribution in [0.15, 0.2) is 18.2 Å². The van der Waals surface area contributed by atoms with Crippen LogP contribution in [0.2, 0.25) is 0 Å². The average Bonchev–Trinajstić information content (AvgIpc) is 2.46. The molecule has 0 aromatic heterocycles. The van der Waals surface area contributed by atoms with Crippen molar-refractivity contribution < 1.29 is 24.9 Å². The molecule has 3 N–H and O–H groups in total. The third-order valence-corrected chi connectivity index (χ3v) is 4.05. The summed E-state index contributed by atoms with van der Waals surface area (Å²) in [6, 6.07) is 2.80. The summed E-state index contributed by atoms with van der Waals surface area (Å²) in [5.41, 5.74) is 0.00833. The summed E-state index contributed by atoms with van der Waals surface area (Å²) in [4.78, 5) is 25.2. The molecule has 1 saturated heterocycles. The van der Waals surface area contributed by atoms with Crippen molar-refractivity contribution in [1.82, 2.24) is 4.90 Å². The van der Waals surface area contributed by atoms with Crippen LogP contribution in [0, 0.1) is 5.92 Å². The molecule has 0 bridgehead atoms. The molecule has 0 aliphatic carbocycles. The van der Waals surface area contributed by atoms with Gasteiger partial charge >= 0.3 is 5.97 Å². The minimum absolute atomic E-state index is 0.00833. The normalized spacial score (nSPS) is 22.0. The molecule has 1 aliphatic heterocycles. The van der Waals surface area contributed by atoms with E-state index in [4.69, 9.17) is 0 Å². The van der Waals surface area contributed by atoms with Crippen molar-refractivity contribution >= 4 is 11.9 Å². The second kappa shape index (κ2) is 6.03. The minimum Gasteiger partial charge on any atom is -0.508 e. The Kier molecular flexibility index (Phi) is 4.35. The van der Waals surface area contributed by atoms with Crippen molar-refractivity contribution in [3.8, 4) is 11.5 Å². The number of aliphatic carboxylic acids is 1. The zero-order valence-corrected chi connectivity index (χ0v) is 11.8. The summed E-state index contributed by atoms with van der Waals surface area (Å²) < 4.78 is 0. The largest absolute Gasteiger partial charge is 0.508 e. The molecule has 1 aromatic carbocycles. The van der Waals surface area contributed by atoms with Gasteiger partial charge < -0.3 is 20.2 Å². The van der Waals surface area contributed by atoms with Crippen LogP contribution < -0.4 is 0 Å². The molecule has 1 fully saturated rings. The van der Waals surface area contributed by atoms with E-state index in [-0.39, 0.29) is 17.1 Å². The second-order valence-corrected chi connectivity index (χ2v) is 5.35. The highest BCUT2D eigenvalue weighted by Crippen LogP contribution is 2.30. The van der Waals surface area contributed by atoms with E-state index in [0.29, 0.717) is 18.9 Å². The van der Waals surface area contributed by atoms with Gasteiger partial charge in [0.05, 0.1) is 5.56 Å². The number of amides is 1. The Balaban J connectivity index is 2.26. The molecule has 2 unspecified atom stereocenters. The first-order chi connectivity index (χ1) is 9.93. The number of phenols is 2. The Morgan fingerprint density at radius 3 is 2.62 bits per heavy atom. The standard InChI is InChI=1S/C15H19NO5/c1-2-9-5-6-16(12(7-9)15(20)21)14(19)11-4-3-10(17)8-13(11)18/h3-4,8-9,12,17-18H,2,5-7H2,1H3,(H,20,21). The lowest BCUT2D eigenvalue weighted by molar-refractivity contribution is -0.144. The lowest BCUT2D eigenvalue weighted by Gasteiger charge is -2.37. The summed E-state index contributed by atoms with van der Waals surface area (Å²) in [5, 5.41) is 28.4. The number of aromatic hydroxyl groups is 2. The molecule has 1 aliphatic rings. The number of piperidine rings is 1. The Labute approximate surface area is 122 Å². The fourth-order valence-corrected chi connectivity index (χ4v) is 2.74. The number of likely N-dealkylation sites (tertiary alicyclic amines) is 1. The van der Waals surface area contributed by atoms with Crippen LogP contribution in [0.5, 0.6) is 11.5 Å².